The number of hydrogen-bond donors (Lipinski definition) is 0. The van der Waals surface area contributed by atoms with Gasteiger partial charge in [-0.25, -0.2) is 4.98 Å². The number of aryl methyl sites for hydroxylation is 2. The summed E-state index contributed by atoms with van der Waals surface area (Å²) in [6, 6.07) is 6.77. The largest absolute Gasteiger partial charge is 0.324 e. The first-order valence-electron chi connectivity index (χ1n) is 8.42. The maximum absolute atomic E-state index is 4.65. The topological polar surface area (TPSA) is 34.0 Å². The first kappa shape index (κ1) is 15.5. The molecule has 0 aromatic carbocycles. The molecule has 0 saturated carbocycles. The minimum atomic E-state index is 0.489. The fraction of sp³-hybridized carbons (Fsp3) is 0.368. The van der Waals surface area contributed by atoms with Crippen LogP contribution in [0.1, 0.15) is 28.6 Å². The zero-order chi connectivity index (χ0) is 16.5. The summed E-state index contributed by atoms with van der Waals surface area (Å²) in [7, 11) is 0. The van der Waals surface area contributed by atoms with Crippen LogP contribution in [0.15, 0.2) is 42.2 Å². The van der Waals surface area contributed by atoms with E-state index in [1.165, 1.54) is 22.6 Å². The van der Waals surface area contributed by atoms with Crippen LogP contribution in [0.4, 0.5) is 0 Å². The second-order valence-electron chi connectivity index (χ2n) is 6.54. The molecule has 1 unspecified atom stereocenters. The van der Waals surface area contributed by atoms with Gasteiger partial charge in [0.15, 0.2) is 0 Å². The molecule has 124 valence electrons. The van der Waals surface area contributed by atoms with Crippen molar-refractivity contribution < 1.29 is 0 Å². The number of pyridine rings is 1. The highest BCUT2D eigenvalue weighted by Gasteiger charge is 2.27. The Hall–Kier alpha value is -1.98. The summed E-state index contributed by atoms with van der Waals surface area (Å²) in [4.78, 5) is 13.0. The number of thiophene rings is 1. The Bertz CT molecular complexity index is 821. The summed E-state index contributed by atoms with van der Waals surface area (Å²) < 4.78 is 2.40. The third-order valence-corrected chi connectivity index (χ3v) is 5.86. The van der Waals surface area contributed by atoms with Gasteiger partial charge in [0.25, 0.3) is 0 Å². The summed E-state index contributed by atoms with van der Waals surface area (Å²) in [5, 5.41) is 2.19. The van der Waals surface area contributed by atoms with Gasteiger partial charge < -0.3 is 4.57 Å². The van der Waals surface area contributed by atoms with Crippen molar-refractivity contribution in [3.05, 3.63) is 58.3 Å². The molecule has 1 fully saturated rings. The van der Waals surface area contributed by atoms with Gasteiger partial charge >= 0.3 is 0 Å². The molecule has 0 radical (unpaired) electrons. The molecule has 4 rings (SSSR count). The molecule has 0 spiro atoms. The van der Waals surface area contributed by atoms with Gasteiger partial charge in [0.05, 0.1) is 0 Å². The van der Waals surface area contributed by atoms with Crippen LogP contribution < -0.4 is 0 Å². The van der Waals surface area contributed by atoms with Crippen LogP contribution in [0.2, 0.25) is 0 Å². The lowest BCUT2D eigenvalue weighted by atomic mass is 10.2. The Balaban J connectivity index is 1.55. The Morgan fingerprint density at radius 3 is 2.92 bits per heavy atom. The van der Waals surface area contributed by atoms with Gasteiger partial charge in [0, 0.05) is 60.4 Å². The Labute approximate surface area is 146 Å². The van der Waals surface area contributed by atoms with Gasteiger partial charge in [-0.05, 0) is 49.4 Å². The molecule has 0 N–H and O–H groups in total. The molecule has 3 aromatic heterocycles. The SMILES string of the molecule is Cc1ccsc1CN1CCC(n2c(C)cnc2-c2cccnc2)C1. The molecule has 1 aliphatic rings. The zero-order valence-corrected chi connectivity index (χ0v) is 15.0. The van der Waals surface area contributed by atoms with Crippen LogP contribution in [-0.2, 0) is 6.54 Å². The van der Waals surface area contributed by atoms with Gasteiger partial charge in [-0.15, -0.1) is 11.3 Å². The van der Waals surface area contributed by atoms with Crippen molar-refractivity contribution in [3.63, 3.8) is 0 Å². The Morgan fingerprint density at radius 1 is 1.25 bits per heavy atom. The second kappa shape index (κ2) is 6.49. The highest BCUT2D eigenvalue weighted by molar-refractivity contribution is 7.10. The second-order valence-corrected chi connectivity index (χ2v) is 7.54. The van der Waals surface area contributed by atoms with E-state index in [2.05, 4.69) is 50.8 Å². The van der Waals surface area contributed by atoms with E-state index in [1.54, 1.807) is 0 Å². The van der Waals surface area contributed by atoms with Crippen molar-refractivity contribution >= 4 is 11.3 Å². The summed E-state index contributed by atoms with van der Waals surface area (Å²) in [5.41, 5.74) is 3.74. The summed E-state index contributed by atoms with van der Waals surface area (Å²) in [6.45, 7) is 7.66. The van der Waals surface area contributed by atoms with Crippen molar-refractivity contribution in [2.75, 3.05) is 13.1 Å². The van der Waals surface area contributed by atoms with Gasteiger partial charge in [0.1, 0.15) is 5.82 Å². The molecule has 0 aliphatic carbocycles. The van der Waals surface area contributed by atoms with E-state index >= 15 is 0 Å². The van der Waals surface area contributed by atoms with Gasteiger partial charge in [-0.1, -0.05) is 0 Å². The van der Waals surface area contributed by atoms with Crippen molar-refractivity contribution in [2.24, 2.45) is 0 Å². The summed E-state index contributed by atoms with van der Waals surface area (Å²) in [5.74, 6) is 1.04. The van der Waals surface area contributed by atoms with Crippen LogP contribution in [0, 0.1) is 13.8 Å². The molecule has 3 aromatic rings. The molecular weight excluding hydrogens is 316 g/mol. The third-order valence-electron chi connectivity index (χ3n) is 4.85. The fourth-order valence-electron chi connectivity index (χ4n) is 3.55. The molecule has 0 bridgehead atoms. The highest BCUT2D eigenvalue weighted by Crippen LogP contribution is 2.30. The lowest BCUT2D eigenvalue weighted by Gasteiger charge is -2.19. The van der Waals surface area contributed by atoms with E-state index in [0.717, 1.165) is 31.0 Å². The maximum Gasteiger partial charge on any atom is 0.141 e. The molecule has 0 amide bonds. The Morgan fingerprint density at radius 2 is 2.17 bits per heavy atom. The average Bonchev–Trinajstić information content (AvgIpc) is 3.30. The van der Waals surface area contributed by atoms with Gasteiger partial charge in [-0.3, -0.25) is 9.88 Å². The quantitative estimate of drug-likeness (QED) is 0.719. The van der Waals surface area contributed by atoms with Crippen LogP contribution in [0.25, 0.3) is 11.4 Å². The number of hydrogen-bond acceptors (Lipinski definition) is 4. The minimum Gasteiger partial charge on any atom is -0.324 e. The highest BCUT2D eigenvalue weighted by atomic mass is 32.1. The summed E-state index contributed by atoms with van der Waals surface area (Å²) >= 11 is 1.87. The maximum atomic E-state index is 4.65. The fourth-order valence-corrected chi connectivity index (χ4v) is 4.50. The molecule has 1 atom stereocenters. The number of imidazole rings is 1. The van der Waals surface area contributed by atoms with Crippen molar-refractivity contribution in [1.82, 2.24) is 19.4 Å². The lowest BCUT2D eigenvalue weighted by molar-refractivity contribution is 0.318. The summed E-state index contributed by atoms with van der Waals surface area (Å²) in [6.07, 6.45) is 6.87. The molecule has 1 aliphatic heterocycles. The van der Waals surface area contributed by atoms with E-state index < -0.39 is 0 Å². The van der Waals surface area contributed by atoms with E-state index in [1.807, 2.05) is 36.0 Å². The molecule has 4 nitrogen and oxygen atoms in total. The molecular formula is C19H22N4S. The third kappa shape index (κ3) is 2.89. The molecule has 1 saturated heterocycles. The number of rotatable bonds is 4. The van der Waals surface area contributed by atoms with Crippen molar-refractivity contribution in [2.45, 2.75) is 32.9 Å². The van der Waals surface area contributed by atoms with Gasteiger partial charge in [-0.2, -0.15) is 0 Å². The first-order chi connectivity index (χ1) is 11.7. The van der Waals surface area contributed by atoms with Crippen LogP contribution in [0.5, 0.6) is 0 Å². The average molecular weight is 338 g/mol. The molecule has 5 heteroatoms. The van der Waals surface area contributed by atoms with E-state index in [-0.39, 0.29) is 0 Å². The predicted octanol–water partition coefficient (Wildman–Crippen LogP) is 4.07. The molecule has 24 heavy (non-hydrogen) atoms. The predicted molar refractivity (Wildman–Crippen MR) is 98.2 cm³/mol. The van der Waals surface area contributed by atoms with Crippen molar-refractivity contribution in [1.29, 1.82) is 0 Å². The van der Waals surface area contributed by atoms with E-state index in [0.29, 0.717) is 6.04 Å². The van der Waals surface area contributed by atoms with E-state index in [9.17, 15) is 0 Å². The number of likely N-dealkylation sites (tertiary alicyclic amines) is 1. The number of aromatic nitrogens is 3. The monoisotopic (exact) mass is 338 g/mol. The van der Waals surface area contributed by atoms with E-state index in [4.69, 9.17) is 0 Å². The lowest BCUT2D eigenvalue weighted by Crippen LogP contribution is -2.21. The zero-order valence-electron chi connectivity index (χ0n) is 14.1. The van der Waals surface area contributed by atoms with Crippen LogP contribution in [-0.4, -0.2) is 32.5 Å². The Kier molecular flexibility index (Phi) is 4.21. The normalized spacial score (nSPS) is 18.3. The smallest absolute Gasteiger partial charge is 0.141 e. The van der Waals surface area contributed by atoms with Crippen LogP contribution >= 0.6 is 11.3 Å². The van der Waals surface area contributed by atoms with Crippen LogP contribution in [0.3, 0.4) is 0 Å². The van der Waals surface area contributed by atoms with Crippen molar-refractivity contribution in [3.8, 4) is 11.4 Å². The minimum absolute atomic E-state index is 0.489. The number of nitrogens with zero attached hydrogens (tertiary/aromatic N) is 4. The molecule has 4 heterocycles. The first-order valence-corrected chi connectivity index (χ1v) is 9.30. The van der Waals surface area contributed by atoms with Gasteiger partial charge in [0.2, 0.25) is 0 Å². The standard InChI is InChI=1S/C19H22N4S/c1-14-6-9-24-18(14)13-22-8-5-17(12-22)23-15(2)10-21-19(23)16-4-3-7-20-11-16/h3-4,6-7,9-11,17H,5,8,12-13H2,1-2H3.